The molecule has 1 saturated heterocycles. The van der Waals surface area contributed by atoms with Crippen LogP contribution in [-0.2, 0) is 22.7 Å². The highest BCUT2D eigenvalue weighted by Gasteiger charge is 2.58. The average Bonchev–Trinajstić information content (AvgIpc) is 3.27. The van der Waals surface area contributed by atoms with E-state index in [-0.39, 0.29) is 48.4 Å². The van der Waals surface area contributed by atoms with Crippen LogP contribution < -0.4 is 10.9 Å². The number of halogens is 1. The summed E-state index contributed by atoms with van der Waals surface area (Å²) in [6.45, 7) is 0.403. The quantitative estimate of drug-likeness (QED) is 0.722. The predicted molar refractivity (Wildman–Crippen MR) is 119 cm³/mol. The van der Waals surface area contributed by atoms with Crippen LogP contribution in [-0.4, -0.2) is 39.0 Å². The number of fused-ring (bicyclic) bond motifs is 3. The van der Waals surface area contributed by atoms with Crippen LogP contribution >= 0.6 is 11.6 Å². The van der Waals surface area contributed by atoms with Gasteiger partial charge in [-0.25, -0.2) is 0 Å². The van der Waals surface area contributed by atoms with Crippen molar-refractivity contribution in [3.05, 3.63) is 69.1 Å². The molecule has 1 aromatic heterocycles. The Morgan fingerprint density at radius 3 is 2.59 bits per heavy atom. The second-order valence-corrected chi connectivity index (χ2v) is 9.39. The third-order valence-electron chi connectivity index (χ3n) is 7.34. The summed E-state index contributed by atoms with van der Waals surface area (Å²) in [4.78, 5) is 41.1. The average molecular weight is 456 g/mol. The normalized spacial score (nSPS) is 26.4. The van der Waals surface area contributed by atoms with Gasteiger partial charge in [-0.3, -0.25) is 14.4 Å². The first kappa shape index (κ1) is 21.2. The number of hydrogen-bond donors (Lipinski definition) is 2. The number of carbonyl (C=O) groups is 2. The highest BCUT2D eigenvalue weighted by Crippen LogP contribution is 2.50. The summed E-state index contributed by atoms with van der Waals surface area (Å²) in [5.74, 6) is -1.08. The molecule has 2 amide bonds. The molecule has 4 atom stereocenters. The Bertz CT molecular complexity index is 1110. The summed E-state index contributed by atoms with van der Waals surface area (Å²) in [6.07, 6.45) is 2.62. The second-order valence-electron chi connectivity index (χ2n) is 8.98. The second kappa shape index (κ2) is 8.37. The van der Waals surface area contributed by atoms with Crippen LogP contribution in [0.1, 0.15) is 36.6 Å². The van der Waals surface area contributed by atoms with Crippen molar-refractivity contribution < 1.29 is 14.7 Å². The zero-order valence-electron chi connectivity index (χ0n) is 17.6. The summed E-state index contributed by atoms with van der Waals surface area (Å²) in [5, 5.41) is 13.8. The molecular formula is C24H26ClN3O4. The lowest BCUT2D eigenvalue weighted by Crippen LogP contribution is -2.52. The van der Waals surface area contributed by atoms with E-state index in [4.69, 9.17) is 11.6 Å². The topological polar surface area (TPSA) is 91.6 Å². The number of benzene rings is 1. The molecule has 32 heavy (non-hydrogen) atoms. The number of rotatable bonds is 5. The van der Waals surface area contributed by atoms with Gasteiger partial charge in [0.1, 0.15) is 6.04 Å². The number of pyridine rings is 1. The Kier molecular flexibility index (Phi) is 5.55. The molecule has 2 N–H and O–H groups in total. The molecule has 2 aliphatic heterocycles. The van der Waals surface area contributed by atoms with Crippen molar-refractivity contribution in [2.75, 3.05) is 6.61 Å². The first-order valence-electron chi connectivity index (χ1n) is 11.1. The summed E-state index contributed by atoms with van der Waals surface area (Å²) in [6, 6.07) is 11.2. The molecule has 3 heterocycles. The first-order chi connectivity index (χ1) is 15.5. The van der Waals surface area contributed by atoms with Crippen molar-refractivity contribution >= 4 is 23.4 Å². The van der Waals surface area contributed by atoms with Gasteiger partial charge < -0.3 is 19.9 Å². The van der Waals surface area contributed by atoms with E-state index in [0.717, 1.165) is 30.5 Å². The molecule has 3 aliphatic rings. The molecule has 1 saturated carbocycles. The molecule has 2 fully saturated rings. The zero-order valence-corrected chi connectivity index (χ0v) is 18.4. The van der Waals surface area contributed by atoms with Crippen molar-refractivity contribution in [1.82, 2.24) is 14.8 Å². The number of carbonyl (C=O) groups excluding carboxylic acids is 2. The van der Waals surface area contributed by atoms with Crippen molar-refractivity contribution in [2.24, 2.45) is 17.8 Å². The van der Waals surface area contributed by atoms with Gasteiger partial charge in [0, 0.05) is 54.2 Å². The number of likely N-dealkylation sites (tertiary alicyclic amines) is 1. The molecule has 2 aromatic rings. The number of nitrogens with zero attached hydrogens (tertiary/aromatic N) is 2. The Labute approximate surface area is 191 Å². The van der Waals surface area contributed by atoms with Gasteiger partial charge in [0.25, 0.3) is 5.56 Å². The molecule has 7 nitrogen and oxygen atoms in total. The molecule has 168 valence electrons. The maximum atomic E-state index is 13.5. The largest absolute Gasteiger partial charge is 0.396 e. The van der Waals surface area contributed by atoms with Gasteiger partial charge in [0.15, 0.2) is 0 Å². The van der Waals surface area contributed by atoms with Gasteiger partial charge in [0.2, 0.25) is 11.8 Å². The minimum atomic E-state index is -0.783. The van der Waals surface area contributed by atoms with E-state index >= 15 is 0 Å². The molecule has 0 bridgehead atoms. The van der Waals surface area contributed by atoms with E-state index in [2.05, 4.69) is 5.32 Å². The number of aromatic nitrogens is 1. The van der Waals surface area contributed by atoms with E-state index in [1.807, 2.05) is 24.3 Å². The fourth-order valence-electron chi connectivity index (χ4n) is 5.48. The number of nitrogens with one attached hydrogen (secondary N) is 1. The van der Waals surface area contributed by atoms with Gasteiger partial charge in [-0.15, -0.1) is 0 Å². The van der Waals surface area contributed by atoms with Crippen LogP contribution in [0.3, 0.4) is 0 Å². The van der Waals surface area contributed by atoms with Gasteiger partial charge in [-0.2, -0.15) is 0 Å². The SMILES string of the molecule is O=C(NCc1ccccc1Cl)[C@@H]1[C@@H](CO)[C@@H]2Cn3c(cccc3=O)[C@@H]2N1C(=O)C1CCC1. The van der Waals surface area contributed by atoms with Crippen molar-refractivity contribution in [3.8, 4) is 0 Å². The molecule has 1 aromatic carbocycles. The lowest BCUT2D eigenvalue weighted by Gasteiger charge is -2.36. The summed E-state index contributed by atoms with van der Waals surface area (Å²) < 4.78 is 1.68. The van der Waals surface area contributed by atoms with Gasteiger partial charge in [-0.05, 0) is 30.5 Å². The van der Waals surface area contributed by atoms with E-state index in [1.165, 1.54) is 6.07 Å². The maximum absolute atomic E-state index is 13.5. The summed E-state index contributed by atoms with van der Waals surface area (Å²) in [7, 11) is 0. The van der Waals surface area contributed by atoms with E-state index in [0.29, 0.717) is 11.6 Å². The third kappa shape index (κ3) is 3.35. The van der Waals surface area contributed by atoms with E-state index in [9.17, 15) is 19.5 Å². The lowest BCUT2D eigenvalue weighted by atomic mass is 9.84. The standard InChI is InChI=1S/C24H26ClN3O4/c25-18-8-2-1-5-15(18)11-26-23(31)22-17(13-29)16-12-27-19(9-4-10-20(27)30)21(16)28(22)24(32)14-6-3-7-14/h1-2,4-5,8-10,14,16-17,21-22,29H,3,6-7,11-13H2,(H,26,31)/t16-,17-,21+,22-/m0/s1. The Balaban J connectivity index is 1.48. The van der Waals surface area contributed by atoms with Gasteiger partial charge in [0.05, 0.1) is 6.04 Å². The third-order valence-corrected chi connectivity index (χ3v) is 7.71. The van der Waals surface area contributed by atoms with Crippen molar-refractivity contribution in [2.45, 2.75) is 44.4 Å². The molecule has 0 radical (unpaired) electrons. The Hall–Kier alpha value is -2.64. The minimum absolute atomic E-state index is 0.0511. The fraction of sp³-hybridized carbons (Fsp3) is 0.458. The number of hydrogen-bond acceptors (Lipinski definition) is 4. The van der Waals surface area contributed by atoms with Crippen LogP contribution in [0.2, 0.25) is 5.02 Å². The predicted octanol–water partition coefficient (Wildman–Crippen LogP) is 2.11. The van der Waals surface area contributed by atoms with Crippen LogP contribution in [0.5, 0.6) is 0 Å². The smallest absolute Gasteiger partial charge is 0.250 e. The van der Waals surface area contributed by atoms with Crippen LogP contribution in [0.4, 0.5) is 0 Å². The highest BCUT2D eigenvalue weighted by molar-refractivity contribution is 6.31. The fourth-order valence-corrected chi connectivity index (χ4v) is 5.68. The highest BCUT2D eigenvalue weighted by atomic mass is 35.5. The van der Waals surface area contributed by atoms with Gasteiger partial charge >= 0.3 is 0 Å². The monoisotopic (exact) mass is 455 g/mol. The molecule has 0 spiro atoms. The number of amides is 2. The van der Waals surface area contributed by atoms with E-state index in [1.54, 1.807) is 21.6 Å². The molecule has 5 rings (SSSR count). The van der Waals surface area contributed by atoms with E-state index < -0.39 is 12.0 Å². The number of aliphatic hydroxyl groups excluding tert-OH is 1. The molecule has 0 unspecified atom stereocenters. The maximum Gasteiger partial charge on any atom is 0.250 e. The van der Waals surface area contributed by atoms with Gasteiger partial charge in [-0.1, -0.05) is 42.3 Å². The zero-order chi connectivity index (χ0) is 22.4. The lowest BCUT2D eigenvalue weighted by molar-refractivity contribution is -0.147. The number of aliphatic hydroxyl groups is 1. The Morgan fingerprint density at radius 1 is 1.12 bits per heavy atom. The van der Waals surface area contributed by atoms with Crippen molar-refractivity contribution in [1.29, 1.82) is 0 Å². The van der Waals surface area contributed by atoms with Crippen LogP contribution in [0, 0.1) is 17.8 Å². The summed E-state index contributed by atoms with van der Waals surface area (Å²) in [5.41, 5.74) is 1.41. The first-order valence-corrected chi connectivity index (χ1v) is 11.5. The summed E-state index contributed by atoms with van der Waals surface area (Å²) >= 11 is 6.23. The minimum Gasteiger partial charge on any atom is -0.396 e. The molecular weight excluding hydrogens is 430 g/mol. The van der Waals surface area contributed by atoms with Crippen LogP contribution in [0.15, 0.2) is 47.3 Å². The van der Waals surface area contributed by atoms with Crippen LogP contribution in [0.25, 0.3) is 0 Å². The molecule has 1 aliphatic carbocycles. The Morgan fingerprint density at radius 2 is 1.91 bits per heavy atom. The molecule has 8 heteroatoms. The van der Waals surface area contributed by atoms with Crippen molar-refractivity contribution in [3.63, 3.8) is 0 Å².